The average Bonchev–Trinajstić information content (AvgIpc) is 3.13. The summed E-state index contributed by atoms with van der Waals surface area (Å²) in [5, 5.41) is 0. The molecule has 0 bridgehead atoms. The van der Waals surface area contributed by atoms with Gasteiger partial charge in [-0.25, -0.2) is 0 Å². The van der Waals surface area contributed by atoms with Crippen LogP contribution in [-0.4, -0.2) is 62.4 Å². The van der Waals surface area contributed by atoms with Crippen LogP contribution in [0.4, 0.5) is 0 Å². The van der Waals surface area contributed by atoms with Gasteiger partial charge in [0, 0.05) is 54.1 Å². The largest absolute Gasteiger partial charge is 0.421 e. The van der Waals surface area contributed by atoms with Gasteiger partial charge < -0.3 is 9.16 Å². The van der Waals surface area contributed by atoms with Crippen LogP contribution in [0.1, 0.15) is 101 Å². The van der Waals surface area contributed by atoms with Crippen LogP contribution in [0.25, 0.3) is 0 Å². The van der Waals surface area contributed by atoms with E-state index in [1.807, 2.05) is 7.11 Å². The Morgan fingerprint density at radius 1 is 0.579 bits per heavy atom. The van der Waals surface area contributed by atoms with Crippen LogP contribution in [0.15, 0.2) is 0 Å². The predicted molar refractivity (Wildman–Crippen MR) is 214 cm³/mol. The van der Waals surface area contributed by atoms with E-state index in [-0.39, 0.29) is 83.1 Å². The maximum Gasteiger partial charge on any atom is 0.183 e. The molecule has 0 radical (unpaired) electrons. The van der Waals surface area contributed by atoms with E-state index in [1.165, 1.54) is 36.3 Å². The van der Waals surface area contributed by atoms with E-state index < -0.39 is 33.3 Å². The topological polar surface area (TPSA) is 18.5 Å². The molecule has 0 aliphatic carbocycles. The second-order valence-electron chi connectivity index (χ2n) is 11.4. The zero-order valence-electron chi connectivity index (χ0n) is 21.8. The zero-order valence-corrected chi connectivity index (χ0v) is 27.1. The third-order valence-electron chi connectivity index (χ3n) is 5.89. The van der Waals surface area contributed by atoms with Gasteiger partial charge >= 0.3 is 0 Å². The van der Waals surface area contributed by atoms with Crippen LogP contribution >= 0.6 is 0 Å². The third kappa shape index (κ3) is 49.9. The summed E-state index contributed by atoms with van der Waals surface area (Å²) >= 11 is 0. The van der Waals surface area contributed by atoms with Gasteiger partial charge in [-0.15, -0.1) is 0 Å². The fraction of sp³-hybridized carbons (Fsp3) is 1.00. The Hall–Kier alpha value is 1.00. The molecule has 1 rings (SSSR count). The lowest BCUT2D eigenvalue weighted by atomic mass is 10.4. The summed E-state index contributed by atoms with van der Waals surface area (Å²) < 4.78 is 10.8. The quantitative estimate of drug-likeness (QED) is 0.233. The average molecular weight is 642 g/mol. The van der Waals surface area contributed by atoms with E-state index >= 15 is 0 Å². The number of hydrogen-bond donors (Lipinski definition) is 0. The minimum Gasteiger partial charge on any atom is -0.421 e. The lowest BCUT2D eigenvalue weighted by molar-refractivity contribution is 0.198. The number of ether oxygens (including phenoxy) is 1. The highest BCUT2D eigenvalue weighted by Gasteiger charge is 2.36. The zero-order chi connectivity index (χ0) is 22.4. The summed E-state index contributed by atoms with van der Waals surface area (Å²) in [7, 11) is -1.70. The maximum atomic E-state index is 5.89. The molecule has 0 aromatic carbocycles. The van der Waals surface area contributed by atoms with Crippen LogP contribution in [0.2, 0.25) is 88.0 Å². The van der Waals surface area contributed by atoms with Crippen molar-refractivity contribution in [2.45, 2.75) is 189 Å². The Labute approximate surface area is 259 Å². The van der Waals surface area contributed by atoms with Crippen molar-refractivity contribution in [3.8, 4) is 0 Å². The van der Waals surface area contributed by atoms with Crippen molar-refractivity contribution in [1.82, 2.24) is 0 Å². The molecule has 0 amide bonds. The molecule has 0 N–H and O–H groups in total. The fourth-order valence-electron chi connectivity index (χ4n) is 3.99. The maximum absolute atomic E-state index is 5.89. The van der Waals surface area contributed by atoms with Gasteiger partial charge in [-0.3, -0.25) is 0 Å². The molecule has 1 heterocycles. The summed E-state index contributed by atoms with van der Waals surface area (Å²) in [6.45, 7) is 29.0. The Balaban J connectivity index is -0.0000000252. The van der Waals surface area contributed by atoms with E-state index in [0.29, 0.717) is 0 Å². The first kappa shape index (κ1) is 77.3. The van der Waals surface area contributed by atoms with E-state index in [1.54, 1.807) is 5.67 Å². The van der Waals surface area contributed by atoms with Crippen LogP contribution in [-0.2, 0) is 9.16 Å². The van der Waals surface area contributed by atoms with Crippen molar-refractivity contribution in [2.24, 2.45) is 0 Å². The highest BCUT2D eigenvalue weighted by Crippen LogP contribution is 2.27. The van der Waals surface area contributed by atoms with Crippen LogP contribution in [0, 0.1) is 0 Å². The van der Waals surface area contributed by atoms with Crippen molar-refractivity contribution >= 4 is 42.1 Å². The molecule has 2 nitrogen and oxygen atoms in total. The van der Waals surface area contributed by atoms with E-state index in [0.717, 1.165) is 13.2 Å². The number of rotatable bonds is 9. The van der Waals surface area contributed by atoms with Crippen LogP contribution in [0.5, 0.6) is 0 Å². The molecule has 1 atom stereocenters. The highest BCUT2D eigenvalue weighted by atomic mass is 28.4. The SMILES string of the molecule is C.C.C.C.C.C.C.C.C.C.C1CCOC1.CC[Si](C)(C)C[SiH](C)C.CC[Si](C)(C)C[Si](C)(C[SiH](C)C)OC. The smallest absolute Gasteiger partial charge is 0.183 e. The highest BCUT2D eigenvalue weighted by molar-refractivity contribution is 6.96. The van der Waals surface area contributed by atoms with Crippen LogP contribution < -0.4 is 0 Å². The van der Waals surface area contributed by atoms with Gasteiger partial charge in [0.2, 0.25) is 0 Å². The van der Waals surface area contributed by atoms with E-state index in [4.69, 9.17) is 9.16 Å². The van der Waals surface area contributed by atoms with Crippen molar-refractivity contribution in [1.29, 1.82) is 0 Å². The van der Waals surface area contributed by atoms with Gasteiger partial charge in [0.1, 0.15) is 0 Å². The first-order valence-electron chi connectivity index (χ1n) is 11.9. The van der Waals surface area contributed by atoms with Gasteiger partial charge in [-0.1, -0.05) is 158 Å². The van der Waals surface area contributed by atoms with Crippen LogP contribution in [0.3, 0.4) is 0 Å². The molecule has 0 spiro atoms. The van der Waals surface area contributed by atoms with Crippen molar-refractivity contribution in [3.05, 3.63) is 0 Å². The summed E-state index contributed by atoms with van der Waals surface area (Å²) in [4.78, 5) is 0. The molecule has 1 aliphatic rings. The van der Waals surface area contributed by atoms with Gasteiger partial charge in [0.25, 0.3) is 0 Å². The van der Waals surface area contributed by atoms with Crippen molar-refractivity contribution < 1.29 is 9.16 Å². The second-order valence-corrected chi connectivity index (χ2v) is 35.0. The van der Waals surface area contributed by atoms with Crippen molar-refractivity contribution in [2.75, 3.05) is 20.3 Å². The Kier molecular flexibility index (Phi) is 81.6. The monoisotopic (exact) mass is 641 g/mol. The molecule has 0 aromatic heterocycles. The lowest BCUT2D eigenvalue weighted by Gasteiger charge is -2.34. The molecule has 38 heavy (non-hydrogen) atoms. The molecule has 7 heteroatoms. The summed E-state index contributed by atoms with van der Waals surface area (Å²) in [5.41, 5.74) is 4.54. The normalized spacial score (nSPS) is 12.5. The first-order chi connectivity index (χ1) is 12.7. The summed E-state index contributed by atoms with van der Waals surface area (Å²) in [5.74, 6) is 0. The summed E-state index contributed by atoms with van der Waals surface area (Å²) in [6, 6.07) is 2.87. The van der Waals surface area contributed by atoms with Gasteiger partial charge in [-0.05, 0) is 30.7 Å². The molecular weight excluding hydrogens is 545 g/mol. The molecule has 1 unspecified atom stereocenters. The lowest BCUT2D eigenvalue weighted by Crippen LogP contribution is -2.45. The van der Waals surface area contributed by atoms with E-state index in [9.17, 15) is 0 Å². The molecule has 0 saturated carbocycles. The third-order valence-corrected chi connectivity index (χ3v) is 31.9. The van der Waals surface area contributed by atoms with Gasteiger partial charge in [-0.2, -0.15) is 0 Å². The first-order valence-corrected chi connectivity index (χ1v) is 27.8. The molecule has 252 valence electrons. The van der Waals surface area contributed by atoms with Crippen molar-refractivity contribution in [3.63, 3.8) is 0 Å². The minimum absolute atomic E-state index is 0. The molecule has 0 aromatic rings. The number of hydrogen-bond acceptors (Lipinski definition) is 2. The standard InChI is InChI=1S/C10H28OSi3.C7H20Si2.C4H8O.10CH4/c1-8-13(5,6)10-14(7,11-2)9-12(3)4;1-6-9(4,5)7-8(2)3;1-2-4-5-3-1;;;;;;;;;;/h12H,8-10H2,1-7H3;8H,6-7H2,1-5H3;1-4H2;10*1H4. The summed E-state index contributed by atoms with van der Waals surface area (Å²) in [6.07, 6.45) is 2.56. The Bertz CT molecular complexity index is 368. The van der Waals surface area contributed by atoms with Gasteiger partial charge in [0.15, 0.2) is 8.32 Å². The Morgan fingerprint density at radius 2 is 0.895 bits per heavy atom. The minimum atomic E-state index is -1.32. The van der Waals surface area contributed by atoms with E-state index in [2.05, 4.69) is 72.8 Å². The fourth-order valence-corrected chi connectivity index (χ4v) is 33.1. The molecular formula is C31H96O2Si5. The second kappa shape index (κ2) is 40.1. The Morgan fingerprint density at radius 3 is 1.05 bits per heavy atom. The molecule has 1 saturated heterocycles. The predicted octanol–water partition coefficient (Wildman–Crippen LogP) is 13.4. The molecule has 1 fully saturated rings. The van der Waals surface area contributed by atoms with Gasteiger partial charge in [0.05, 0.1) is 0 Å². The molecule has 1 aliphatic heterocycles.